The maximum absolute atomic E-state index is 12.5. The monoisotopic (exact) mass is 735 g/mol. The molecule has 3 heterocycles. The van der Waals surface area contributed by atoms with Crippen LogP contribution < -0.4 is 15.8 Å². The second-order valence-electron chi connectivity index (χ2n) is 14.7. The molecule has 2 aliphatic heterocycles. The van der Waals surface area contributed by atoms with E-state index in [-0.39, 0.29) is 11.9 Å². The number of hydrogen-bond acceptors (Lipinski definition) is 7. The van der Waals surface area contributed by atoms with Crippen LogP contribution in [0.3, 0.4) is 0 Å². The van der Waals surface area contributed by atoms with Gasteiger partial charge in [0.2, 0.25) is 5.91 Å². The maximum Gasteiger partial charge on any atom is 0.410 e. The van der Waals surface area contributed by atoms with Gasteiger partial charge in [-0.05, 0) is 106 Å². The number of primary amides is 1. The standard InChI is InChI=1S/C26H22Cl2N4O3.C13H25NO2/c1-13(33)24-20-4-3-14-6-23(35-2)21(15-5-16(26(29)34)12-30-11-15)10-22(14)25(20)32(31-24)19-8-17(27)7-18(28)9-19;1-10-6-7-11(2)9-14(8-10)12(15)16-13(3,4)5/h5-10,12,30H,3-4,11H2,1-2H3,(H2,29,34);10-11H,6-9H2,1-5H3/t;10-,11?/m.0/s1. The minimum absolute atomic E-state index is 0.110. The van der Waals surface area contributed by atoms with Gasteiger partial charge in [0.1, 0.15) is 17.0 Å². The van der Waals surface area contributed by atoms with E-state index < -0.39 is 11.5 Å². The molecule has 1 unspecified atom stereocenters. The normalized spacial score (nSPS) is 18.4. The number of methoxy groups -OCH3 is 1. The molecule has 0 saturated carbocycles. The lowest BCUT2D eigenvalue weighted by atomic mass is 9.85. The third kappa shape index (κ3) is 8.97. The van der Waals surface area contributed by atoms with Crippen molar-refractivity contribution >= 4 is 46.6 Å². The molecule has 6 rings (SSSR count). The molecule has 51 heavy (non-hydrogen) atoms. The number of amides is 2. The van der Waals surface area contributed by atoms with E-state index in [1.54, 1.807) is 42.3 Å². The van der Waals surface area contributed by atoms with Crippen LogP contribution in [0.2, 0.25) is 10.0 Å². The van der Waals surface area contributed by atoms with Crippen LogP contribution in [0, 0.1) is 11.8 Å². The molecule has 1 aliphatic carbocycles. The molecule has 2 amide bonds. The van der Waals surface area contributed by atoms with E-state index >= 15 is 0 Å². The van der Waals surface area contributed by atoms with Crippen LogP contribution in [0.1, 0.15) is 81.6 Å². The summed E-state index contributed by atoms with van der Waals surface area (Å²) in [4.78, 5) is 38.1. The van der Waals surface area contributed by atoms with Crippen LogP contribution in [-0.4, -0.2) is 64.8 Å². The van der Waals surface area contributed by atoms with Crippen molar-refractivity contribution in [2.24, 2.45) is 17.6 Å². The Morgan fingerprint density at radius 2 is 1.61 bits per heavy atom. The number of Topliss-reactive ketones (excluding diaryl/α,β-unsaturated/α-hetero) is 1. The van der Waals surface area contributed by atoms with Crippen molar-refractivity contribution in [2.45, 2.75) is 72.8 Å². The van der Waals surface area contributed by atoms with E-state index in [4.69, 9.17) is 38.4 Å². The zero-order chi connectivity index (χ0) is 37.2. The van der Waals surface area contributed by atoms with E-state index in [0.717, 1.165) is 53.0 Å². The van der Waals surface area contributed by atoms with E-state index in [2.05, 4.69) is 24.3 Å². The van der Waals surface area contributed by atoms with Crippen LogP contribution in [0.15, 0.2) is 48.2 Å². The van der Waals surface area contributed by atoms with Crippen LogP contribution in [-0.2, 0) is 22.4 Å². The molecule has 10 nitrogen and oxygen atoms in total. The van der Waals surface area contributed by atoms with Crippen LogP contribution in [0.5, 0.6) is 5.75 Å². The van der Waals surface area contributed by atoms with Gasteiger partial charge in [-0.3, -0.25) is 9.59 Å². The number of aryl methyl sites for hydroxylation is 1. The summed E-state index contributed by atoms with van der Waals surface area (Å²) in [5.74, 6) is 1.22. The van der Waals surface area contributed by atoms with E-state index in [0.29, 0.717) is 57.6 Å². The number of rotatable bonds is 5. The fraction of sp³-hybridized carbons (Fsp3) is 0.436. The Morgan fingerprint density at radius 1 is 0.961 bits per heavy atom. The van der Waals surface area contributed by atoms with Gasteiger partial charge in [0, 0.05) is 59.5 Å². The molecular weight excluding hydrogens is 689 g/mol. The molecule has 1 aromatic heterocycles. The minimum Gasteiger partial charge on any atom is -0.496 e. The number of dihydropyridines is 1. The quantitative estimate of drug-likeness (QED) is 0.256. The lowest BCUT2D eigenvalue weighted by molar-refractivity contribution is -0.114. The highest BCUT2D eigenvalue weighted by Crippen LogP contribution is 2.42. The number of nitrogens with one attached hydrogen (secondary N) is 1. The van der Waals surface area contributed by atoms with Crippen molar-refractivity contribution in [3.05, 3.63) is 80.6 Å². The Kier molecular flexibility index (Phi) is 11.6. The van der Waals surface area contributed by atoms with Crippen molar-refractivity contribution in [2.75, 3.05) is 26.7 Å². The van der Waals surface area contributed by atoms with Crippen molar-refractivity contribution < 1.29 is 23.9 Å². The minimum atomic E-state index is -0.518. The van der Waals surface area contributed by atoms with Gasteiger partial charge in [0.15, 0.2) is 5.78 Å². The molecule has 272 valence electrons. The van der Waals surface area contributed by atoms with Gasteiger partial charge in [-0.25, -0.2) is 9.48 Å². The fourth-order valence-corrected chi connectivity index (χ4v) is 7.26. The third-order valence-corrected chi connectivity index (χ3v) is 9.55. The van der Waals surface area contributed by atoms with Crippen molar-refractivity contribution in [1.29, 1.82) is 0 Å². The summed E-state index contributed by atoms with van der Waals surface area (Å²) >= 11 is 12.6. The highest BCUT2D eigenvalue weighted by Gasteiger charge is 2.30. The first-order chi connectivity index (χ1) is 24.0. The highest BCUT2D eigenvalue weighted by atomic mass is 35.5. The highest BCUT2D eigenvalue weighted by molar-refractivity contribution is 6.34. The van der Waals surface area contributed by atoms with Gasteiger partial charge in [-0.1, -0.05) is 37.0 Å². The van der Waals surface area contributed by atoms with Gasteiger partial charge in [-0.2, -0.15) is 5.10 Å². The molecular formula is C39H47Cl2N5O5. The maximum atomic E-state index is 12.5. The number of halogens is 2. The number of ether oxygens (including phenoxy) is 2. The average Bonchev–Trinajstić information content (AvgIpc) is 3.37. The molecule has 1 fully saturated rings. The molecule has 0 bridgehead atoms. The summed E-state index contributed by atoms with van der Waals surface area (Å²) in [6, 6.07) is 9.21. The summed E-state index contributed by atoms with van der Waals surface area (Å²) in [6.07, 6.45) is 7.01. The number of nitrogens with zero attached hydrogens (tertiary/aromatic N) is 3. The second-order valence-corrected chi connectivity index (χ2v) is 15.5. The molecule has 2 aromatic carbocycles. The zero-order valence-corrected chi connectivity index (χ0v) is 31.9. The molecule has 0 radical (unpaired) electrons. The molecule has 12 heteroatoms. The number of fused-ring (bicyclic) bond motifs is 3. The number of likely N-dealkylation sites (tertiary alicyclic amines) is 1. The molecule has 3 N–H and O–H groups in total. The fourth-order valence-electron chi connectivity index (χ4n) is 6.74. The van der Waals surface area contributed by atoms with Gasteiger partial charge in [0.05, 0.1) is 24.1 Å². The van der Waals surface area contributed by atoms with Crippen molar-refractivity contribution in [1.82, 2.24) is 20.0 Å². The Morgan fingerprint density at radius 3 is 2.18 bits per heavy atom. The number of ketones is 1. The smallest absolute Gasteiger partial charge is 0.410 e. The zero-order valence-electron chi connectivity index (χ0n) is 30.4. The van der Waals surface area contributed by atoms with E-state index in [1.165, 1.54) is 19.8 Å². The number of carbonyl (C=O) groups excluding carboxylic acids is 3. The van der Waals surface area contributed by atoms with Crippen molar-refractivity contribution in [3.8, 4) is 22.7 Å². The number of aromatic nitrogens is 2. The number of hydrogen-bond donors (Lipinski definition) is 2. The summed E-state index contributed by atoms with van der Waals surface area (Å²) < 4.78 is 12.9. The summed E-state index contributed by atoms with van der Waals surface area (Å²) in [5.41, 5.74) is 11.9. The molecule has 2 atom stereocenters. The summed E-state index contributed by atoms with van der Waals surface area (Å²) in [5, 5.41) is 8.73. The van der Waals surface area contributed by atoms with Crippen molar-refractivity contribution in [3.63, 3.8) is 0 Å². The lowest BCUT2D eigenvalue weighted by Crippen LogP contribution is -2.39. The second kappa shape index (κ2) is 15.5. The molecule has 1 saturated heterocycles. The van der Waals surface area contributed by atoms with E-state index in [9.17, 15) is 14.4 Å². The Labute approximate surface area is 309 Å². The summed E-state index contributed by atoms with van der Waals surface area (Å²) in [7, 11) is 1.62. The number of benzene rings is 2. The average molecular weight is 737 g/mol. The SMILES string of the molecule is CC1CC[C@H](C)CN(C(=O)OC(C)(C)C)C1.COc1cc2c(cc1C1=CC(C(N)=O)=CNC1)-c1c(c(C(C)=O)nn1-c1cc(Cl)cc(Cl)c1)CC2. The predicted molar refractivity (Wildman–Crippen MR) is 202 cm³/mol. The first-order valence-corrected chi connectivity index (χ1v) is 18.0. The number of carbonyl (C=O) groups is 3. The molecule has 3 aromatic rings. The lowest BCUT2D eigenvalue weighted by Gasteiger charge is -2.28. The first-order valence-electron chi connectivity index (χ1n) is 17.3. The van der Waals surface area contributed by atoms with Crippen LogP contribution >= 0.6 is 23.2 Å². The Bertz CT molecular complexity index is 1880. The van der Waals surface area contributed by atoms with Gasteiger partial charge >= 0.3 is 6.09 Å². The first kappa shape index (κ1) is 38.0. The largest absolute Gasteiger partial charge is 0.496 e. The number of nitrogens with two attached hydrogens (primary N) is 1. The van der Waals surface area contributed by atoms with E-state index in [1.807, 2.05) is 37.8 Å². The Balaban J connectivity index is 0.000000265. The van der Waals surface area contributed by atoms with Gasteiger partial charge in [-0.15, -0.1) is 0 Å². The molecule has 3 aliphatic rings. The Hall–Kier alpha value is -4.28. The van der Waals surface area contributed by atoms with Crippen LogP contribution in [0.4, 0.5) is 4.79 Å². The van der Waals surface area contributed by atoms with Gasteiger partial charge in [0.25, 0.3) is 0 Å². The summed E-state index contributed by atoms with van der Waals surface area (Å²) in [6.45, 7) is 13.8. The molecule has 0 spiro atoms. The predicted octanol–water partition coefficient (Wildman–Crippen LogP) is 7.80. The van der Waals surface area contributed by atoms with Gasteiger partial charge < -0.3 is 25.4 Å². The third-order valence-electron chi connectivity index (χ3n) is 9.11. The topological polar surface area (TPSA) is 129 Å². The van der Waals surface area contributed by atoms with Crippen LogP contribution in [0.25, 0.3) is 22.5 Å².